The molecule has 0 unspecified atom stereocenters. The number of rotatable bonds is 6. The lowest BCUT2D eigenvalue weighted by molar-refractivity contribution is -0.126. The second-order valence-electron chi connectivity index (χ2n) is 3.94. The van der Waals surface area contributed by atoms with Crippen molar-refractivity contribution in [1.29, 1.82) is 0 Å². The maximum Gasteiger partial charge on any atom is 0.239 e. The molecule has 0 spiro atoms. The molecule has 0 aromatic heterocycles. The Labute approximate surface area is 122 Å². The minimum atomic E-state index is -0.198. The first-order chi connectivity index (χ1) is 9.04. The zero-order chi connectivity index (χ0) is 14.3. The van der Waals surface area contributed by atoms with Crippen molar-refractivity contribution in [1.82, 2.24) is 10.6 Å². The van der Waals surface area contributed by atoms with Crippen LogP contribution in [-0.4, -0.2) is 24.9 Å². The molecule has 0 saturated heterocycles. The van der Waals surface area contributed by atoms with E-state index in [0.29, 0.717) is 23.0 Å². The van der Waals surface area contributed by atoms with Gasteiger partial charge in [0.1, 0.15) is 0 Å². The topological polar surface area (TPSA) is 58.2 Å². The summed E-state index contributed by atoms with van der Waals surface area (Å²) in [7, 11) is 0. The minimum absolute atomic E-state index is 0.00402. The lowest BCUT2D eigenvalue weighted by atomic mass is 10.1. The number of carbonyl (C=O) groups excluding carboxylic acids is 2. The van der Waals surface area contributed by atoms with Crippen LogP contribution in [0.25, 0.3) is 0 Å². The Morgan fingerprint density at radius 3 is 2.58 bits per heavy atom. The Kier molecular flexibility index (Phi) is 6.67. The lowest BCUT2D eigenvalue weighted by Gasteiger charge is -2.07. The van der Waals surface area contributed by atoms with Crippen LogP contribution >= 0.6 is 23.2 Å². The zero-order valence-corrected chi connectivity index (χ0v) is 12.1. The fourth-order valence-corrected chi connectivity index (χ4v) is 1.93. The molecule has 0 aliphatic heterocycles. The third-order valence-electron chi connectivity index (χ3n) is 2.47. The van der Waals surface area contributed by atoms with Crippen LogP contribution in [0.15, 0.2) is 18.2 Å². The molecule has 0 aliphatic carbocycles. The molecule has 1 aromatic rings. The van der Waals surface area contributed by atoms with Gasteiger partial charge in [-0.1, -0.05) is 35.3 Å². The third kappa shape index (κ3) is 5.49. The summed E-state index contributed by atoms with van der Waals surface area (Å²) in [5, 5.41) is 6.09. The van der Waals surface area contributed by atoms with E-state index in [1.165, 1.54) is 0 Å². The Bertz CT molecular complexity index is 464. The summed E-state index contributed by atoms with van der Waals surface area (Å²) in [6, 6.07) is 5.31. The van der Waals surface area contributed by atoms with E-state index in [2.05, 4.69) is 10.6 Å². The normalized spacial score (nSPS) is 10.1. The van der Waals surface area contributed by atoms with Gasteiger partial charge < -0.3 is 10.6 Å². The highest BCUT2D eigenvalue weighted by Gasteiger charge is 2.08. The molecule has 0 atom stereocenters. The number of likely N-dealkylation sites (N-methyl/N-ethyl adjacent to an activating group) is 1. The largest absolute Gasteiger partial charge is 0.355 e. The van der Waals surface area contributed by atoms with E-state index in [1.54, 1.807) is 12.1 Å². The van der Waals surface area contributed by atoms with Gasteiger partial charge in [-0.05, 0) is 25.0 Å². The highest BCUT2D eigenvalue weighted by Crippen LogP contribution is 2.26. The van der Waals surface area contributed by atoms with Gasteiger partial charge in [-0.15, -0.1) is 0 Å². The molecule has 4 nitrogen and oxygen atoms in total. The molecule has 0 bridgehead atoms. The summed E-state index contributed by atoms with van der Waals surface area (Å²) in [4.78, 5) is 22.7. The van der Waals surface area contributed by atoms with E-state index >= 15 is 0 Å². The Balaban J connectivity index is 2.38. The smallest absolute Gasteiger partial charge is 0.239 e. The molecule has 1 rings (SSSR count). The van der Waals surface area contributed by atoms with Gasteiger partial charge in [0.25, 0.3) is 0 Å². The van der Waals surface area contributed by atoms with Crippen LogP contribution in [0.3, 0.4) is 0 Å². The number of aryl methyl sites for hydroxylation is 1. The molecule has 19 heavy (non-hydrogen) atoms. The number of hydrogen-bond donors (Lipinski definition) is 2. The van der Waals surface area contributed by atoms with Crippen molar-refractivity contribution in [3.05, 3.63) is 33.8 Å². The van der Waals surface area contributed by atoms with Gasteiger partial charge in [0.05, 0.1) is 16.6 Å². The predicted molar refractivity (Wildman–Crippen MR) is 76.5 cm³/mol. The number of nitrogens with one attached hydrogen (secondary N) is 2. The second-order valence-corrected chi connectivity index (χ2v) is 4.73. The van der Waals surface area contributed by atoms with Crippen molar-refractivity contribution >= 4 is 35.0 Å². The van der Waals surface area contributed by atoms with Gasteiger partial charge in [0.2, 0.25) is 11.8 Å². The van der Waals surface area contributed by atoms with Gasteiger partial charge in [0, 0.05) is 13.0 Å². The summed E-state index contributed by atoms with van der Waals surface area (Å²) >= 11 is 11.9. The Hall–Kier alpha value is -1.26. The van der Waals surface area contributed by atoms with Crippen molar-refractivity contribution < 1.29 is 9.59 Å². The maximum absolute atomic E-state index is 11.6. The molecule has 2 amide bonds. The lowest BCUT2D eigenvalue weighted by Crippen LogP contribution is -2.36. The third-order valence-corrected chi connectivity index (χ3v) is 3.33. The Morgan fingerprint density at radius 2 is 1.89 bits per heavy atom. The van der Waals surface area contributed by atoms with Gasteiger partial charge in [-0.2, -0.15) is 0 Å². The molecule has 0 heterocycles. The standard InChI is InChI=1S/C13H16Cl2N2O2/c1-2-16-12(19)8-17-11(18)7-6-9-4-3-5-10(14)13(9)15/h3-5H,2,6-8H2,1H3,(H,16,19)(H,17,18). The minimum Gasteiger partial charge on any atom is -0.355 e. The maximum atomic E-state index is 11.6. The number of hydrogen-bond acceptors (Lipinski definition) is 2. The van der Waals surface area contributed by atoms with Crippen LogP contribution in [0, 0.1) is 0 Å². The quantitative estimate of drug-likeness (QED) is 0.846. The number of halogens is 2. The van der Waals surface area contributed by atoms with Gasteiger partial charge >= 0.3 is 0 Å². The molecule has 0 radical (unpaired) electrons. The second kappa shape index (κ2) is 8.02. The van der Waals surface area contributed by atoms with Gasteiger partial charge in [-0.25, -0.2) is 0 Å². The van der Waals surface area contributed by atoms with Crippen molar-refractivity contribution in [3.63, 3.8) is 0 Å². The summed E-state index contributed by atoms with van der Waals surface area (Å²) in [6.45, 7) is 2.36. The van der Waals surface area contributed by atoms with E-state index < -0.39 is 0 Å². The number of benzene rings is 1. The summed E-state index contributed by atoms with van der Waals surface area (Å²) < 4.78 is 0. The molecule has 104 valence electrons. The van der Waals surface area contributed by atoms with Crippen molar-refractivity contribution in [3.8, 4) is 0 Å². The first kappa shape index (κ1) is 15.8. The highest BCUT2D eigenvalue weighted by atomic mass is 35.5. The average molecular weight is 303 g/mol. The number of amides is 2. The van der Waals surface area contributed by atoms with E-state index in [1.807, 2.05) is 13.0 Å². The first-order valence-electron chi connectivity index (χ1n) is 6.01. The van der Waals surface area contributed by atoms with Crippen molar-refractivity contribution in [2.24, 2.45) is 0 Å². The fourth-order valence-electron chi connectivity index (χ4n) is 1.52. The van der Waals surface area contributed by atoms with E-state index in [0.717, 1.165) is 5.56 Å². The summed E-state index contributed by atoms with van der Waals surface area (Å²) in [6.07, 6.45) is 0.750. The number of carbonyl (C=O) groups is 2. The monoisotopic (exact) mass is 302 g/mol. The van der Waals surface area contributed by atoms with Crippen molar-refractivity contribution in [2.75, 3.05) is 13.1 Å². The van der Waals surface area contributed by atoms with Gasteiger partial charge in [0.15, 0.2) is 0 Å². The van der Waals surface area contributed by atoms with Crippen LogP contribution in [0.1, 0.15) is 18.9 Å². The van der Waals surface area contributed by atoms with Crippen LogP contribution in [0.4, 0.5) is 0 Å². The zero-order valence-electron chi connectivity index (χ0n) is 10.6. The molecular formula is C13H16Cl2N2O2. The molecule has 0 saturated carbocycles. The summed E-state index contributed by atoms with van der Waals surface area (Å²) in [5.74, 6) is -0.390. The first-order valence-corrected chi connectivity index (χ1v) is 6.76. The Morgan fingerprint density at radius 1 is 1.16 bits per heavy atom. The molecule has 0 fully saturated rings. The van der Waals surface area contributed by atoms with Crippen molar-refractivity contribution in [2.45, 2.75) is 19.8 Å². The highest BCUT2D eigenvalue weighted by molar-refractivity contribution is 6.42. The molecule has 0 aliphatic rings. The van der Waals surface area contributed by atoms with Gasteiger partial charge in [-0.3, -0.25) is 9.59 Å². The van der Waals surface area contributed by atoms with Crippen LogP contribution in [0.5, 0.6) is 0 Å². The SMILES string of the molecule is CCNC(=O)CNC(=O)CCc1cccc(Cl)c1Cl. The van der Waals surface area contributed by atoms with E-state index in [4.69, 9.17) is 23.2 Å². The average Bonchev–Trinajstić information content (AvgIpc) is 2.38. The van der Waals surface area contributed by atoms with E-state index in [-0.39, 0.29) is 24.8 Å². The van der Waals surface area contributed by atoms with Crippen LogP contribution in [-0.2, 0) is 16.0 Å². The molecule has 6 heteroatoms. The summed E-state index contributed by atoms with van der Waals surface area (Å²) in [5.41, 5.74) is 0.822. The molecule has 1 aromatic carbocycles. The fraction of sp³-hybridized carbons (Fsp3) is 0.385. The van der Waals surface area contributed by atoms with Crippen LogP contribution < -0.4 is 10.6 Å². The molecular weight excluding hydrogens is 287 g/mol. The van der Waals surface area contributed by atoms with E-state index in [9.17, 15) is 9.59 Å². The molecule has 2 N–H and O–H groups in total. The van der Waals surface area contributed by atoms with Crippen LogP contribution in [0.2, 0.25) is 10.0 Å². The predicted octanol–water partition coefficient (Wildman–Crippen LogP) is 2.18.